The summed E-state index contributed by atoms with van der Waals surface area (Å²) in [6, 6.07) is 14.6. The highest BCUT2D eigenvalue weighted by Gasteiger charge is 2.19. The third-order valence-corrected chi connectivity index (χ3v) is 6.20. The number of amides is 2. The first-order valence-electron chi connectivity index (χ1n) is 11.4. The number of carbonyl (C=O) groups is 2. The summed E-state index contributed by atoms with van der Waals surface area (Å²) in [6.07, 6.45) is 0.801. The molecule has 0 saturated heterocycles. The number of fused-ring (bicyclic) bond motifs is 1. The molecule has 180 valence electrons. The van der Waals surface area contributed by atoms with E-state index in [-0.39, 0.29) is 18.2 Å². The van der Waals surface area contributed by atoms with Crippen LogP contribution in [0.3, 0.4) is 0 Å². The van der Waals surface area contributed by atoms with Crippen molar-refractivity contribution in [2.24, 2.45) is 7.05 Å². The molecule has 35 heavy (non-hydrogen) atoms. The van der Waals surface area contributed by atoms with Gasteiger partial charge in [0.25, 0.3) is 5.91 Å². The molecule has 2 amide bonds. The van der Waals surface area contributed by atoms with Gasteiger partial charge in [-0.1, -0.05) is 24.3 Å². The van der Waals surface area contributed by atoms with E-state index in [9.17, 15) is 9.59 Å². The molecule has 0 aliphatic heterocycles. The lowest BCUT2D eigenvalue weighted by molar-refractivity contribution is -0.116. The standard InChI is InChI=1S/C27H29N5O3/c1-16-21(26(34)29-19-10-7-6-8-11-19)12-9-13-22(16)30-23(33)15-14-20-17(2)24-25(28-18(20)3)32(4)31-27(24)35-5/h6-13H,14-15H2,1-5H3,(H,29,34)(H,30,33). The molecule has 0 fully saturated rings. The van der Waals surface area contributed by atoms with Crippen LogP contribution in [0.4, 0.5) is 11.4 Å². The molecule has 8 nitrogen and oxygen atoms in total. The summed E-state index contributed by atoms with van der Waals surface area (Å²) >= 11 is 0. The molecular formula is C27H29N5O3. The topological polar surface area (TPSA) is 98.1 Å². The van der Waals surface area contributed by atoms with Crippen LogP contribution < -0.4 is 15.4 Å². The number of aromatic nitrogens is 3. The van der Waals surface area contributed by atoms with Gasteiger partial charge in [0.15, 0.2) is 5.65 Å². The van der Waals surface area contributed by atoms with Crippen LogP contribution in [0.2, 0.25) is 0 Å². The molecule has 0 aliphatic rings. The van der Waals surface area contributed by atoms with Gasteiger partial charge in [0.05, 0.1) is 12.5 Å². The Labute approximate surface area is 204 Å². The molecule has 4 rings (SSSR count). The first-order chi connectivity index (χ1) is 16.8. The molecular weight excluding hydrogens is 442 g/mol. The highest BCUT2D eigenvalue weighted by Crippen LogP contribution is 2.30. The summed E-state index contributed by atoms with van der Waals surface area (Å²) in [4.78, 5) is 30.3. The molecule has 0 saturated carbocycles. The SMILES string of the molecule is COc1nn(C)c2nc(C)c(CCC(=O)Nc3cccc(C(=O)Nc4ccccc4)c3C)c(C)c12. The van der Waals surface area contributed by atoms with Crippen LogP contribution in [-0.2, 0) is 18.3 Å². The average molecular weight is 472 g/mol. The molecule has 0 bridgehead atoms. The van der Waals surface area contributed by atoms with Crippen LogP contribution in [0, 0.1) is 20.8 Å². The van der Waals surface area contributed by atoms with Crippen LogP contribution in [0.15, 0.2) is 48.5 Å². The predicted octanol–water partition coefficient (Wildman–Crippen LogP) is 4.73. The molecule has 2 aromatic heterocycles. The van der Waals surface area contributed by atoms with E-state index >= 15 is 0 Å². The summed E-state index contributed by atoms with van der Waals surface area (Å²) < 4.78 is 7.13. The van der Waals surface area contributed by atoms with Crippen LogP contribution in [0.1, 0.15) is 39.2 Å². The number of aryl methyl sites for hydroxylation is 3. The van der Waals surface area contributed by atoms with Crippen molar-refractivity contribution < 1.29 is 14.3 Å². The molecule has 4 aromatic rings. The third-order valence-electron chi connectivity index (χ3n) is 6.20. The summed E-state index contributed by atoms with van der Waals surface area (Å²) in [5.41, 5.74) is 6.20. The zero-order chi connectivity index (χ0) is 25.1. The lowest BCUT2D eigenvalue weighted by Gasteiger charge is -2.14. The van der Waals surface area contributed by atoms with E-state index in [2.05, 4.69) is 15.7 Å². The normalized spacial score (nSPS) is 10.9. The number of benzene rings is 2. The molecule has 0 atom stereocenters. The van der Waals surface area contributed by atoms with Gasteiger partial charge in [-0.15, -0.1) is 5.10 Å². The minimum atomic E-state index is -0.221. The van der Waals surface area contributed by atoms with Gasteiger partial charge in [0.2, 0.25) is 11.8 Å². The zero-order valence-corrected chi connectivity index (χ0v) is 20.6. The molecule has 0 unspecified atom stereocenters. The highest BCUT2D eigenvalue weighted by atomic mass is 16.5. The van der Waals surface area contributed by atoms with Gasteiger partial charge in [-0.3, -0.25) is 9.59 Å². The van der Waals surface area contributed by atoms with Gasteiger partial charge in [-0.05, 0) is 68.1 Å². The summed E-state index contributed by atoms with van der Waals surface area (Å²) in [5.74, 6) is 0.172. The number of anilines is 2. The van der Waals surface area contributed by atoms with Crippen molar-refractivity contribution in [2.75, 3.05) is 17.7 Å². The first-order valence-corrected chi connectivity index (χ1v) is 11.4. The van der Waals surface area contributed by atoms with E-state index in [0.29, 0.717) is 34.8 Å². The molecule has 0 aliphatic carbocycles. The Morgan fingerprint density at radius 1 is 0.971 bits per heavy atom. The summed E-state index contributed by atoms with van der Waals surface area (Å²) in [6.45, 7) is 5.78. The number of nitrogens with one attached hydrogen (secondary N) is 2. The Morgan fingerprint density at radius 2 is 1.71 bits per heavy atom. The molecule has 2 aromatic carbocycles. The maximum Gasteiger partial charge on any atom is 0.256 e. The molecule has 0 spiro atoms. The van der Waals surface area contributed by atoms with Gasteiger partial charge < -0.3 is 15.4 Å². The Kier molecular flexibility index (Phi) is 6.82. The Morgan fingerprint density at radius 3 is 2.43 bits per heavy atom. The van der Waals surface area contributed by atoms with Crippen LogP contribution in [-0.4, -0.2) is 33.7 Å². The first kappa shape index (κ1) is 23.9. The second-order valence-corrected chi connectivity index (χ2v) is 8.48. The maximum atomic E-state index is 12.9. The van der Waals surface area contributed by atoms with Crippen molar-refractivity contribution in [2.45, 2.75) is 33.6 Å². The second-order valence-electron chi connectivity index (χ2n) is 8.48. The van der Waals surface area contributed by atoms with E-state index in [1.54, 1.807) is 30.0 Å². The number of para-hydroxylation sites is 1. The lowest BCUT2D eigenvalue weighted by atomic mass is 10.00. The molecule has 8 heteroatoms. The van der Waals surface area contributed by atoms with Gasteiger partial charge in [0.1, 0.15) is 0 Å². The lowest BCUT2D eigenvalue weighted by Crippen LogP contribution is -2.17. The van der Waals surface area contributed by atoms with E-state index < -0.39 is 0 Å². The number of rotatable bonds is 7. The van der Waals surface area contributed by atoms with Crippen molar-refractivity contribution in [3.05, 3.63) is 76.5 Å². The number of methoxy groups -OCH3 is 1. The second kappa shape index (κ2) is 9.97. The molecule has 2 heterocycles. The Bertz CT molecular complexity index is 1410. The predicted molar refractivity (Wildman–Crippen MR) is 137 cm³/mol. The van der Waals surface area contributed by atoms with E-state index in [1.807, 2.05) is 58.2 Å². The third kappa shape index (κ3) is 4.87. The maximum absolute atomic E-state index is 12.9. The van der Waals surface area contributed by atoms with Crippen molar-refractivity contribution in [3.63, 3.8) is 0 Å². The Balaban J connectivity index is 1.48. The van der Waals surface area contributed by atoms with Gasteiger partial charge in [0, 0.05) is 36.1 Å². The van der Waals surface area contributed by atoms with Crippen molar-refractivity contribution in [1.82, 2.24) is 14.8 Å². The smallest absolute Gasteiger partial charge is 0.256 e. The summed E-state index contributed by atoms with van der Waals surface area (Å²) in [5, 5.41) is 11.1. The largest absolute Gasteiger partial charge is 0.479 e. The number of hydrogen-bond acceptors (Lipinski definition) is 5. The van der Waals surface area contributed by atoms with Gasteiger partial charge in [-0.25, -0.2) is 9.67 Å². The van der Waals surface area contributed by atoms with E-state index in [0.717, 1.165) is 27.9 Å². The van der Waals surface area contributed by atoms with Gasteiger partial charge >= 0.3 is 0 Å². The van der Waals surface area contributed by atoms with Gasteiger partial charge in [-0.2, -0.15) is 0 Å². The zero-order valence-electron chi connectivity index (χ0n) is 20.6. The number of pyridine rings is 1. The van der Waals surface area contributed by atoms with E-state index in [1.165, 1.54) is 0 Å². The Hall–Kier alpha value is -4.20. The fourth-order valence-corrected chi connectivity index (χ4v) is 4.30. The highest BCUT2D eigenvalue weighted by molar-refractivity contribution is 6.06. The quantitative estimate of drug-likeness (QED) is 0.406. The molecule has 0 radical (unpaired) electrons. The summed E-state index contributed by atoms with van der Waals surface area (Å²) in [7, 11) is 3.42. The fourth-order valence-electron chi connectivity index (χ4n) is 4.30. The van der Waals surface area contributed by atoms with Crippen LogP contribution in [0.25, 0.3) is 11.0 Å². The minimum Gasteiger partial charge on any atom is -0.479 e. The molecule has 2 N–H and O–H groups in total. The number of ether oxygens (including phenoxy) is 1. The average Bonchev–Trinajstić information content (AvgIpc) is 3.16. The minimum absolute atomic E-state index is 0.134. The monoisotopic (exact) mass is 471 g/mol. The van der Waals surface area contributed by atoms with Crippen LogP contribution >= 0.6 is 0 Å². The number of carbonyl (C=O) groups excluding carboxylic acids is 2. The number of hydrogen-bond donors (Lipinski definition) is 2. The van der Waals surface area contributed by atoms with Crippen molar-refractivity contribution in [3.8, 4) is 5.88 Å². The van der Waals surface area contributed by atoms with Crippen molar-refractivity contribution in [1.29, 1.82) is 0 Å². The van der Waals surface area contributed by atoms with Crippen molar-refractivity contribution >= 4 is 34.2 Å². The number of nitrogens with zero attached hydrogens (tertiary/aromatic N) is 3. The van der Waals surface area contributed by atoms with E-state index in [4.69, 9.17) is 9.72 Å². The van der Waals surface area contributed by atoms with Crippen LogP contribution in [0.5, 0.6) is 5.88 Å². The fraction of sp³-hybridized carbons (Fsp3) is 0.259.